The Bertz CT molecular complexity index is 1510. The Kier molecular flexibility index (Phi) is 4.79. The van der Waals surface area contributed by atoms with Crippen LogP contribution in [0.2, 0.25) is 0 Å². The van der Waals surface area contributed by atoms with Gasteiger partial charge in [-0.05, 0) is 48.0 Å². The molecule has 9 nitrogen and oxygen atoms in total. The van der Waals surface area contributed by atoms with Crippen LogP contribution in [0.15, 0.2) is 52.1 Å². The van der Waals surface area contributed by atoms with Crippen LogP contribution in [0.3, 0.4) is 0 Å². The number of benzene rings is 2. The smallest absolute Gasteiger partial charge is 0.331 e. The van der Waals surface area contributed by atoms with Gasteiger partial charge in [-0.25, -0.2) is 4.79 Å². The fourth-order valence-corrected chi connectivity index (χ4v) is 4.62. The van der Waals surface area contributed by atoms with Crippen LogP contribution < -0.4 is 16.0 Å². The molecule has 0 aliphatic carbocycles. The third-order valence-corrected chi connectivity index (χ3v) is 6.21. The van der Waals surface area contributed by atoms with E-state index < -0.39 is 17.4 Å². The number of rotatable bonds is 3. The monoisotopic (exact) mass is 449 g/mol. The molecule has 0 radical (unpaired) electrons. The highest BCUT2D eigenvalue weighted by Gasteiger charge is 2.34. The summed E-state index contributed by atoms with van der Waals surface area (Å²) in [5.41, 5.74) is 1.91. The third kappa shape index (κ3) is 3.04. The maximum atomic E-state index is 13.4. The molecule has 1 atom stereocenters. The molecule has 33 heavy (non-hydrogen) atoms. The lowest BCUT2D eigenvalue weighted by atomic mass is 10.0. The van der Waals surface area contributed by atoms with Crippen molar-refractivity contribution in [3.8, 4) is 28.5 Å². The average Bonchev–Trinajstić information content (AvgIpc) is 3.18. The van der Waals surface area contributed by atoms with E-state index in [1.807, 2.05) is 28.8 Å². The number of phenolic OH excluding ortho intramolecular Hbond substituents is 2. The number of fused-ring (bicyclic) bond motifs is 3. The van der Waals surface area contributed by atoms with Crippen molar-refractivity contribution in [2.24, 2.45) is 14.1 Å². The highest BCUT2D eigenvalue weighted by atomic mass is 16.5. The minimum atomic E-state index is -0.793. The maximum absolute atomic E-state index is 13.4. The first-order valence-corrected chi connectivity index (χ1v) is 10.4. The summed E-state index contributed by atoms with van der Waals surface area (Å²) < 4.78 is 15.8. The number of hydrogen-bond acceptors (Lipinski definition) is 6. The molecule has 0 bridgehead atoms. The second kappa shape index (κ2) is 7.56. The quantitative estimate of drug-likeness (QED) is 0.465. The molecule has 5 rings (SSSR count). The fraction of sp³-hybridized carbons (Fsp3) is 0.250. The van der Waals surface area contributed by atoms with Gasteiger partial charge in [-0.1, -0.05) is 0 Å². The largest absolute Gasteiger partial charge is 0.508 e. The predicted octanol–water partition coefficient (Wildman–Crippen LogP) is 2.25. The molecule has 0 saturated carbocycles. The molecular formula is C24H23N3O6. The van der Waals surface area contributed by atoms with Crippen LogP contribution in [-0.4, -0.2) is 37.6 Å². The Balaban J connectivity index is 1.93. The molecule has 2 aromatic heterocycles. The van der Waals surface area contributed by atoms with E-state index >= 15 is 0 Å². The van der Waals surface area contributed by atoms with Gasteiger partial charge in [-0.3, -0.25) is 13.9 Å². The van der Waals surface area contributed by atoms with Gasteiger partial charge in [-0.2, -0.15) is 0 Å². The SMILES string of the molecule is COc1ccc(-c2c3c(=O)n(C)c(=O)n(C)c3c3n2CCO[C@H]3c2cc(O)ccc2O)cc1. The van der Waals surface area contributed by atoms with Crippen LogP contribution in [0.5, 0.6) is 17.2 Å². The standard InChI is InChI=1S/C24H23N3O6/c1-25-20-18(23(30)26(2)24(25)31)19(13-4-7-15(32-3)8-5-13)27-10-11-33-22(21(20)27)16-12-14(28)6-9-17(16)29/h4-9,12,22,28-29H,10-11H2,1-3H3/t22-/m0/s1. The Morgan fingerprint density at radius 2 is 1.76 bits per heavy atom. The average molecular weight is 449 g/mol. The molecule has 2 aromatic carbocycles. The van der Waals surface area contributed by atoms with Crippen molar-refractivity contribution in [3.63, 3.8) is 0 Å². The maximum Gasteiger partial charge on any atom is 0.331 e. The summed E-state index contributed by atoms with van der Waals surface area (Å²) >= 11 is 0. The van der Waals surface area contributed by atoms with Gasteiger partial charge in [0.15, 0.2) is 0 Å². The molecule has 9 heteroatoms. The highest BCUT2D eigenvalue weighted by Crippen LogP contribution is 2.43. The van der Waals surface area contributed by atoms with Gasteiger partial charge in [0.25, 0.3) is 5.56 Å². The van der Waals surface area contributed by atoms with Crippen LogP contribution >= 0.6 is 0 Å². The molecule has 2 N–H and O–H groups in total. The number of aromatic nitrogens is 3. The van der Waals surface area contributed by atoms with Gasteiger partial charge in [0.05, 0.1) is 36.0 Å². The van der Waals surface area contributed by atoms with Crippen molar-refractivity contribution >= 4 is 10.9 Å². The molecular weight excluding hydrogens is 426 g/mol. The van der Waals surface area contributed by atoms with E-state index in [0.29, 0.717) is 46.8 Å². The van der Waals surface area contributed by atoms with Crippen molar-refractivity contribution in [1.82, 2.24) is 13.7 Å². The van der Waals surface area contributed by atoms with E-state index in [1.165, 1.54) is 29.8 Å². The summed E-state index contributed by atoms with van der Waals surface area (Å²) in [6.45, 7) is 0.754. The number of methoxy groups -OCH3 is 1. The van der Waals surface area contributed by atoms with E-state index in [9.17, 15) is 19.8 Å². The molecule has 0 fully saturated rings. The summed E-state index contributed by atoms with van der Waals surface area (Å²) in [4.78, 5) is 26.2. The van der Waals surface area contributed by atoms with E-state index in [-0.39, 0.29) is 11.5 Å². The fourth-order valence-electron chi connectivity index (χ4n) is 4.62. The first kappa shape index (κ1) is 20.9. The number of aromatic hydroxyl groups is 2. The molecule has 4 aromatic rings. The Labute approximate surface area is 188 Å². The van der Waals surface area contributed by atoms with Crippen molar-refractivity contribution in [2.45, 2.75) is 12.6 Å². The molecule has 3 heterocycles. The van der Waals surface area contributed by atoms with Gasteiger partial charge in [-0.15, -0.1) is 0 Å². The van der Waals surface area contributed by atoms with Crippen molar-refractivity contribution in [3.05, 3.63) is 74.6 Å². The molecule has 170 valence electrons. The number of aryl methyl sites for hydroxylation is 1. The number of hydrogen-bond donors (Lipinski definition) is 2. The summed E-state index contributed by atoms with van der Waals surface area (Å²) in [5.74, 6) is 0.597. The number of ether oxygens (including phenoxy) is 2. The lowest BCUT2D eigenvalue weighted by Gasteiger charge is -2.28. The summed E-state index contributed by atoms with van der Waals surface area (Å²) in [7, 11) is 4.64. The Morgan fingerprint density at radius 1 is 1.03 bits per heavy atom. The van der Waals surface area contributed by atoms with E-state index in [4.69, 9.17) is 9.47 Å². The van der Waals surface area contributed by atoms with Gasteiger partial charge in [0.2, 0.25) is 0 Å². The lowest BCUT2D eigenvalue weighted by Crippen LogP contribution is -2.37. The van der Waals surface area contributed by atoms with Crippen LogP contribution in [0.25, 0.3) is 22.2 Å². The van der Waals surface area contributed by atoms with Crippen LogP contribution in [0, 0.1) is 0 Å². The first-order valence-electron chi connectivity index (χ1n) is 10.4. The molecule has 0 saturated heterocycles. The van der Waals surface area contributed by atoms with Crippen molar-refractivity contribution in [1.29, 1.82) is 0 Å². The van der Waals surface area contributed by atoms with Crippen molar-refractivity contribution < 1.29 is 19.7 Å². The minimum Gasteiger partial charge on any atom is -0.508 e. The van der Waals surface area contributed by atoms with Gasteiger partial charge < -0.3 is 24.3 Å². The second-order valence-electron chi connectivity index (χ2n) is 8.04. The second-order valence-corrected chi connectivity index (χ2v) is 8.04. The zero-order valence-corrected chi connectivity index (χ0v) is 18.4. The van der Waals surface area contributed by atoms with E-state index in [0.717, 1.165) is 10.1 Å². The Hall–Kier alpha value is -3.98. The molecule has 1 aliphatic heterocycles. The number of nitrogens with zero attached hydrogens (tertiary/aromatic N) is 3. The zero-order chi connectivity index (χ0) is 23.4. The Morgan fingerprint density at radius 3 is 2.45 bits per heavy atom. The molecule has 1 aliphatic rings. The summed E-state index contributed by atoms with van der Waals surface area (Å²) in [6.07, 6.45) is -0.793. The van der Waals surface area contributed by atoms with Gasteiger partial charge in [0.1, 0.15) is 23.4 Å². The number of phenols is 2. The highest BCUT2D eigenvalue weighted by molar-refractivity contribution is 5.96. The van der Waals surface area contributed by atoms with Crippen LogP contribution in [0.4, 0.5) is 0 Å². The predicted molar refractivity (Wildman–Crippen MR) is 122 cm³/mol. The molecule has 0 amide bonds. The van der Waals surface area contributed by atoms with E-state index in [2.05, 4.69) is 0 Å². The lowest BCUT2D eigenvalue weighted by molar-refractivity contribution is 0.0463. The molecule has 0 unspecified atom stereocenters. The summed E-state index contributed by atoms with van der Waals surface area (Å²) in [6, 6.07) is 11.6. The van der Waals surface area contributed by atoms with Crippen LogP contribution in [0.1, 0.15) is 17.4 Å². The third-order valence-electron chi connectivity index (χ3n) is 6.21. The zero-order valence-electron chi connectivity index (χ0n) is 18.4. The topological polar surface area (TPSA) is 108 Å². The summed E-state index contributed by atoms with van der Waals surface area (Å²) in [5, 5.41) is 21.0. The van der Waals surface area contributed by atoms with Gasteiger partial charge >= 0.3 is 5.69 Å². The van der Waals surface area contributed by atoms with Crippen LogP contribution in [-0.2, 0) is 25.4 Å². The normalized spacial score (nSPS) is 15.5. The van der Waals surface area contributed by atoms with Crippen molar-refractivity contribution in [2.75, 3.05) is 13.7 Å². The minimum absolute atomic E-state index is 0.0282. The van der Waals surface area contributed by atoms with E-state index in [1.54, 1.807) is 14.2 Å². The van der Waals surface area contributed by atoms with Gasteiger partial charge in [0, 0.05) is 26.2 Å². The molecule has 0 spiro atoms. The first-order chi connectivity index (χ1) is 15.8.